The zero-order valence-corrected chi connectivity index (χ0v) is 14.9. The van der Waals surface area contributed by atoms with E-state index in [9.17, 15) is 18.0 Å². The number of benzene rings is 1. The summed E-state index contributed by atoms with van der Waals surface area (Å²) in [5, 5.41) is 11.7. The van der Waals surface area contributed by atoms with E-state index in [0.29, 0.717) is 6.42 Å². The van der Waals surface area contributed by atoms with E-state index in [2.05, 4.69) is 10.0 Å². The number of carboxylic acid groups (broad SMARTS) is 1. The Morgan fingerprint density at radius 3 is 2.42 bits per heavy atom. The van der Waals surface area contributed by atoms with Gasteiger partial charge in [-0.3, -0.25) is 14.3 Å². The summed E-state index contributed by atoms with van der Waals surface area (Å²) in [4.78, 5) is 23.3. The van der Waals surface area contributed by atoms with Crippen molar-refractivity contribution in [2.45, 2.75) is 33.6 Å². The van der Waals surface area contributed by atoms with Gasteiger partial charge in [0.2, 0.25) is 10.0 Å². The highest BCUT2D eigenvalue weighted by molar-refractivity contribution is 7.92. The molecule has 7 nitrogen and oxygen atoms in total. The van der Waals surface area contributed by atoms with Crippen molar-refractivity contribution in [3.63, 3.8) is 0 Å². The van der Waals surface area contributed by atoms with Crippen LogP contribution in [0.3, 0.4) is 0 Å². The first-order chi connectivity index (χ1) is 11.1. The highest BCUT2D eigenvalue weighted by Crippen LogP contribution is 2.20. The smallest absolute Gasteiger partial charge is 0.309 e. The maximum absolute atomic E-state index is 12.3. The van der Waals surface area contributed by atoms with Crippen molar-refractivity contribution < 1.29 is 23.1 Å². The maximum Gasteiger partial charge on any atom is 0.309 e. The first-order valence-corrected chi connectivity index (χ1v) is 9.35. The molecule has 0 bridgehead atoms. The van der Waals surface area contributed by atoms with Gasteiger partial charge in [0, 0.05) is 6.54 Å². The molecule has 0 aromatic heterocycles. The zero-order valence-electron chi connectivity index (χ0n) is 14.1. The molecule has 0 aliphatic heterocycles. The van der Waals surface area contributed by atoms with E-state index in [-0.39, 0.29) is 30.0 Å². The fourth-order valence-electron chi connectivity index (χ4n) is 1.95. The van der Waals surface area contributed by atoms with Gasteiger partial charge >= 0.3 is 5.97 Å². The van der Waals surface area contributed by atoms with Crippen LogP contribution >= 0.6 is 0 Å². The molecule has 24 heavy (non-hydrogen) atoms. The van der Waals surface area contributed by atoms with E-state index < -0.39 is 27.3 Å². The molecule has 0 fully saturated rings. The number of amides is 1. The Bertz CT molecular complexity index is 698. The second-order valence-corrected chi connectivity index (χ2v) is 8.00. The average molecular weight is 356 g/mol. The second-order valence-electron chi connectivity index (χ2n) is 6.16. The van der Waals surface area contributed by atoms with E-state index in [0.717, 1.165) is 0 Å². The van der Waals surface area contributed by atoms with E-state index in [4.69, 9.17) is 5.11 Å². The van der Waals surface area contributed by atoms with E-state index in [1.807, 2.05) is 0 Å². The highest BCUT2D eigenvalue weighted by Gasteiger charge is 2.26. The summed E-state index contributed by atoms with van der Waals surface area (Å²) in [5.41, 5.74) is -0.540. The molecule has 3 N–H and O–H groups in total. The molecule has 0 unspecified atom stereocenters. The van der Waals surface area contributed by atoms with Gasteiger partial charge in [0.1, 0.15) is 0 Å². The Labute approximate surface area is 142 Å². The minimum atomic E-state index is -3.50. The lowest BCUT2D eigenvalue weighted by Crippen LogP contribution is -2.32. The quantitative estimate of drug-likeness (QED) is 0.627. The number of para-hydroxylation sites is 1. The van der Waals surface area contributed by atoms with Crippen molar-refractivity contribution in [3.05, 3.63) is 29.8 Å². The van der Waals surface area contributed by atoms with Crippen LogP contribution in [0.5, 0.6) is 0 Å². The second kappa shape index (κ2) is 8.14. The Hall–Kier alpha value is -2.09. The molecule has 0 heterocycles. The lowest BCUT2D eigenvalue weighted by atomic mass is 9.90. The summed E-state index contributed by atoms with van der Waals surface area (Å²) in [6, 6.07) is 6.30. The molecule has 1 amide bonds. The number of sulfonamides is 1. The van der Waals surface area contributed by atoms with Gasteiger partial charge < -0.3 is 10.4 Å². The van der Waals surface area contributed by atoms with Crippen molar-refractivity contribution in [1.82, 2.24) is 5.32 Å². The third kappa shape index (κ3) is 5.84. The molecule has 0 saturated heterocycles. The van der Waals surface area contributed by atoms with Crippen molar-refractivity contribution in [3.8, 4) is 0 Å². The Morgan fingerprint density at radius 2 is 1.83 bits per heavy atom. The zero-order chi connectivity index (χ0) is 18.4. The summed E-state index contributed by atoms with van der Waals surface area (Å²) >= 11 is 0. The lowest BCUT2D eigenvalue weighted by Gasteiger charge is -2.19. The number of hydrogen-bond acceptors (Lipinski definition) is 4. The average Bonchev–Trinajstić information content (AvgIpc) is 2.46. The molecule has 0 atom stereocenters. The SMILES string of the molecule is CCCS(=O)(=O)Nc1ccccc1C(=O)NCCC(C)(C)C(=O)O. The molecule has 0 radical (unpaired) electrons. The number of carboxylic acids is 1. The highest BCUT2D eigenvalue weighted by atomic mass is 32.2. The van der Waals surface area contributed by atoms with Crippen LogP contribution in [0.1, 0.15) is 44.0 Å². The number of carbonyl (C=O) groups is 2. The monoisotopic (exact) mass is 356 g/mol. The van der Waals surface area contributed by atoms with Gasteiger partial charge in [-0.15, -0.1) is 0 Å². The molecule has 134 valence electrons. The summed E-state index contributed by atoms with van der Waals surface area (Å²) < 4.78 is 26.2. The fraction of sp³-hybridized carbons (Fsp3) is 0.500. The van der Waals surface area contributed by atoms with Crippen LogP contribution in [0.2, 0.25) is 0 Å². The Morgan fingerprint density at radius 1 is 1.21 bits per heavy atom. The normalized spacial score (nSPS) is 11.8. The molecular weight excluding hydrogens is 332 g/mol. The summed E-state index contributed by atoms with van der Waals surface area (Å²) in [5.74, 6) is -1.43. The molecular formula is C16H24N2O5S. The molecule has 1 aromatic carbocycles. The van der Waals surface area contributed by atoms with Crippen molar-refractivity contribution in [2.75, 3.05) is 17.0 Å². The van der Waals surface area contributed by atoms with Gasteiger partial charge in [0.05, 0.1) is 22.4 Å². The van der Waals surface area contributed by atoms with E-state index >= 15 is 0 Å². The van der Waals surface area contributed by atoms with Crippen LogP contribution in [0.4, 0.5) is 5.69 Å². The molecule has 8 heteroatoms. The van der Waals surface area contributed by atoms with Crippen molar-refractivity contribution >= 4 is 27.6 Å². The number of carbonyl (C=O) groups excluding carboxylic acids is 1. The number of aliphatic carboxylic acids is 1. The largest absolute Gasteiger partial charge is 0.481 e. The summed E-state index contributed by atoms with van der Waals surface area (Å²) in [7, 11) is -3.50. The third-order valence-electron chi connectivity index (χ3n) is 3.52. The molecule has 0 saturated carbocycles. The van der Waals surface area contributed by atoms with Crippen LogP contribution < -0.4 is 10.0 Å². The molecule has 0 aliphatic carbocycles. The van der Waals surface area contributed by atoms with Gasteiger partial charge in [-0.2, -0.15) is 0 Å². The predicted molar refractivity (Wildman–Crippen MR) is 92.5 cm³/mol. The summed E-state index contributed by atoms with van der Waals surface area (Å²) in [6.07, 6.45) is 0.728. The minimum absolute atomic E-state index is 0.0320. The minimum Gasteiger partial charge on any atom is -0.481 e. The first kappa shape index (κ1) is 20.0. The first-order valence-electron chi connectivity index (χ1n) is 7.70. The van der Waals surface area contributed by atoms with Crippen molar-refractivity contribution in [2.24, 2.45) is 5.41 Å². The molecule has 0 aliphatic rings. The topological polar surface area (TPSA) is 113 Å². The van der Waals surface area contributed by atoms with E-state index in [1.54, 1.807) is 32.9 Å². The Balaban J connectivity index is 2.80. The number of nitrogens with one attached hydrogen (secondary N) is 2. The van der Waals surface area contributed by atoms with Crippen LogP contribution in [0.15, 0.2) is 24.3 Å². The standard InChI is InChI=1S/C16H24N2O5S/c1-4-11-24(22,23)18-13-8-6-5-7-12(13)14(19)17-10-9-16(2,3)15(20)21/h5-8,18H,4,9-11H2,1-3H3,(H,17,19)(H,20,21). The third-order valence-corrected chi connectivity index (χ3v) is 5.00. The fourth-order valence-corrected chi connectivity index (χ4v) is 3.10. The lowest BCUT2D eigenvalue weighted by molar-refractivity contribution is -0.147. The van der Waals surface area contributed by atoms with Gasteiger partial charge in [-0.05, 0) is 38.8 Å². The van der Waals surface area contributed by atoms with Gasteiger partial charge in [0.25, 0.3) is 5.91 Å². The number of rotatable bonds is 9. The van der Waals surface area contributed by atoms with Gasteiger partial charge in [0.15, 0.2) is 0 Å². The summed E-state index contributed by atoms with van der Waals surface area (Å²) in [6.45, 7) is 5.08. The Kier molecular flexibility index (Phi) is 6.77. The van der Waals surface area contributed by atoms with Crippen molar-refractivity contribution in [1.29, 1.82) is 0 Å². The predicted octanol–water partition coefficient (Wildman–Crippen LogP) is 2.07. The molecule has 1 aromatic rings. The van der Waals surface area contributed by atoms with Gasteiger partial charge in [-0.25, -0.2) is 8.42 Å². The van der Waals surface area contributed by atoms with Crippen LogP contribution in [-0.2, 0) is 14.8 Å². The number of hydrogen-bond donors (Lipinski definition) is 3. The van der Waals surface area contributed by atoms with E-state index in [1.165, 1.54) is 12.1 Å². The number of anilines is 1. The van der Waals surface area contributed by atoms with Crippen LogP contribution in [-0.4, -0.2) is 37.7 Å². The van der Waals surface area contributed by atoms with Gasteiger partial charge in [-0.1, -0.05) is 19.1 Å². The van der Waals surface area contributed by atoms with Crippen LogP contribution in [0, 0.1) is 5.41 Å². The molecule has 0 spiro atoms. The molecule has 1 rings (SSSR count). The van der Waals surface area contributed by atoms with Crippen LogP contribution in [0.25, 0.3) is 0 Å². The maximum atomic E-state index is 12.3.